The molecule has 6 rings (SSSR count). The van der Waals surface area contributed by atoms with E-state index in [4.69, 9.17) is 15.1 Å². The second-order valence-electron chi connectivity index (χ2n) is 10.6. The first-order valence-corrected chi connectivity index (χ1v) is 14.4. The smallest absolute Gasteiger partial charge is 0.219 e. The van der Waals surface area contributed by atoms with Crippen LogP contribution >= 0.6 is 11.8 Å². The number of nitrogens with two attached hydrogens (primary N) is 1. The maximum Gasteiger partial charge on any atom is 0.219 e. The number of nitrogen functional groups attached to an aromatic ring is 1. The van der Waals surface area contributed by atoms with E-state index in [1.807, 2.05) is 17.9 Å². The Morgan fingerprint density at radius 3 is 2.74 bits per heavy atom. The predicted octanol–water partition coefficient (Wildman–Crippen LogP) is 5.66. The van der Waals surface area contributed by atoms with Crippen molar-refractivity contribution in [2.75, 3.05) is 18.8 Å². The highest BCUT2D eigenvalue weighted by molar-refractivity contribution is 7.99. The van der Waals surface area contributed by atoms with Crippen LogP contribution in [0.4, 0.5) is 5.82 Å². The molecule has 9 heteroatoms. The van der Waals surface area contributed by atoms with Crippen LogP contribution in [0.2, 0.25) is 0 Å². The molecule has 38 heavy (non-hydrogen) atoms. The van der Waals surface area contributed by atoms with Crippen molar-refractivity contribution in [1.82, 2.24) is 24.4 Å². The number of benzene rings is 1. The second kappa shape index (κ2) is 10.4. The van der Waals surface area contributed by atoms with Crippen molar-refractivity contribution in [3.05, 3.63) is 47.5 Å². The van der Waals surface area contributed by atoms with Gasteiger partial charge in [-0.25, -0.2) is 15.0 Å². The molecule has 1 unspecified atom stereocenters. The number of piperidine rings is 1. The molecule has 0 bridgehead atoms. The van der Waals surface area contributed by atoms with E-state index in [1.165, 1.54) is 30.3 Å². The number of amides is 1. The maximum atomic E-state index is 12.0. The highest BCUT2D eigenvalue weighted by Crippen LogP contribution is 2.41. The molecule has 4 heterocycles. The lowest BCUT2D eigenvalue weighted by molar-refractivity contribution is -0.130. The molecule has 1 fully saturated rings. The van der Waals surface area contributed by atoms with Gasteiger partial charge in [0.05, 0.1) is 0 Å². The van der Waals surface area contributed by atoms with Gasteiger partial charge in [0, 0.05) is 37.0 Å². The summed E-state index contributed by atoms with van der Waals surface area (Å²) in [6.07, 6.45) is 9.29. The molecule has 3 aromatic heterocycles. The zero-order valence-electron chi connectivity index (χ0n) is 22.1. The minimum atomic E-state index is 0.160. The van der Waals surface area contributed by atoms with Gasteiger partial charge in [0.1, 0.15) is 17.8 Å². The van der Waals surface area contributed by atoms with Gasteiger partial charge in [-0.05, 0) is 93.2 Å². The fourth-order valence-electron chi connectivity index (χ4n) is 5.83. The van der Waals surface area contributed by atoms with Crippen LogP contribution in [0.3, 0.4) is 0 Å². The van der Waals surface area contributed by atoms with Gasteiger partial charge in [0.2, 0.25) is 5.91 Å². The van der Waals surface area contributed by atoms with Crippen molar-refractivity contribution in [2.45, 2.75) is 75.4 Å². The topological polar surface area (TPSA) is 103 Å². The first-order valence-electron chi connectivity index (χ1n) is 13.6. The summed E-state index contributed by atoms with van der Waals surface area (Å²) in [5.41, 5.74) is 11.6. The molecule has 0 spiro atoms. The van der Waals surface area contributed by atoms with E-state index in [1.54, 1.807) is 18.7 Å². The van der Waals surface area contributed by atoms with Crippen LogP contribution in [0.5, 0.6) is 0 Å². The van der Waals surface area contributed by atoms with Crippen LogP contribution in [-0.4, -0.2) is 43.4 Å². The van der Waals surface area contributed by atoms with Crippen molar-refractivity contribution in [1.29, 1.82) is 0 Å². The number of furan rings is 1. The van der Waals surface area contributed by atoms with Gasteiger partial charge in [0.25, 0.3) is 0 Å². The lowest BCUT2D eigenvalue weighted by atomic mass is 9.90. The summed E-state index contributed by atoms with van der Waals surface area (Å²) in [6, 6.07) is 8.72. The molecule has 1 atom stereocenters. The number of anilines is 1. The van der Waals surface area contributed by atoms with Crippen molar-refractivity contribution in [2.24, 2.45) is 5.92 Å². The van der Waals surface area contributed by atoms with Gasteiger partial charge < -0.3 is 19.6 Å². The number of hydrogen-bond donors (Lipinski definition) is 1. The molecule has 2 N–H and O–H groups in total. The highest BCUT2D eigenvalue weighted by Gasteiger charge is 2.24. The quantitative estimate of drug-likeness (QED) is 0.343. The number of fused-ring (bicyclic) bond motifs is 2. The van der Waals surface area contributed by atoms with E-state index in [-0.39, 0.29) is 5.91 Å². The fourth-order valence-corrected chi connectivity index (χ4v) is 6.92. The SMILES string of the molecule is CC(=O)N1CCCC(CCn2c(Sc3cc4c(cc3-c3ccc(C)o3)CCCC4)nc3c(N)ncnc32)C1. The number of imidazole rings is 1. The predicted molar refractivity (Wildman–Crippen MR) is 149 cm³/mol. The van der Waals surface area contributed by atoms with Gasteiger partial charge >= 0.3 is 0 Å². The number of likely N-dealkylation sites (tertiary alicyclic amines) is 1. The lowest BCUT2D eigenvalue weighted by Gasteiger charge is -2.32. The Morgan fingerprint density at radius 1 is 1.16 bits per heavy atom. The highest BCUT2D eigenvalue weighted by atomic mass is 32.2. The number of rotatable bonds is 6. The fraction of sp³-hybridized carbons (Fsp3) is 0.448. The van der Waals surface area contributed by atoms with Crippen LogP contribution in [0.25, 0.3) is 22.5 Å². The summed E-state index contributed by atoms with van der Waals surface area (Å²) < 4.78 is 8.27. The number of carbonyl (C=O) groups is 1. The first kappa shape index (κ1) is 25.0. The first-order chi connectivity index (χ1) is 18.5. The third-order valence-corrected chi connectivity index (χ3v) is 8.95. The zero-order valence-corrected chi connectivity index (χ0v) is 22.9. The Bertz CT molecular complexity index is 1490. The van der Waals surface area contributed by atoms with Gasteiger partial charge in [-0.3, -0.25) is 4.79 Å². The van der Waals surface area contributed by atoms with Crippen LogP contribution in [0.15, 0.2) is 45.1 Å². The third-order valence-electron chi connectivity index (χ3n) is 7.90. The molecule has 1 saturated heterocycles. The van der Waals surface area contributed by atoms with Crippen LogP contribution in [-0.2, 0) is 24.2 Å². The van der Waals surface area contributed by atoms with Gasteiger partial charge in [0.15, 0.2) is 22.1 Å². The molecule has 4 aromatic rings. The summed E-state index contributed by atoms with van der Waals surface area (Å²) in [6.45, 7) is 6.07. The summed E-state index contributed by atoms with van der Waals surface area (Å²) in [4.78, 5) is 28.8. The Hall–Kier alpha value is -3.33. The minimum Gasteiger partial charge on any atom is -0.461 e. The summed E-state index contributed by atoms with van der Waals surface area (Å²) >= 11 is 1.65. The molecular formula is C29H34N6O2S. The Labute approximate surface area is 227 Å². The van der Waals surface area contributed by atoms with E-state index in [0.717, 1.165) is 84.5 Å². The molecule has 2 aliphatic rings. The normalized spacial score (nSPS) is 17.6. The second-order valence-corrected chi connectivity index (χ2v) is 11.6. The van der Waals surface area contributed by atoms with Gasteiger partial charge in [-0.2, -0.15) is 0 Å². The average Bonchev–Trinajstić information content (AvgIpc) is 3.51. The van der Waals surface area contributed by atoms with Crippen molar-refractivity contribution < 1.29 is 9.21 Å². The van der Waals surface area contributed by atoms with Crippen LogP contribution in [0, 0.1) is 12.8 Å². The standard InChI is InChI=1S/C29H34N6O2S/c1-18-9-10-24(37-18)23-14-21-7-3-4-8-22(21)15-25(23)38-29-33-26-27(30)31-17-32-28(26)35(29)13-11-20-6-5-12-34(16-20)19(2)36/h9-10,14-15,17,20H,3-8,11-13,16H2,1-2H3,(H2,30,31,32). The van der Waals surface area contributed by atoms with E-state index in [0.29, 0.717) is 17.3 Å². The largest absolute Gasteiger partial charge is 0.461 e. The van der Waals surface area contributed by atoms with E-state index in [2.05, 4.69) is 32.7 Å². The summed E-state index contributed by atoms with van der Waals surface area (Å²) in [5, 5.41) is 0.853. The molecule has 198 valence electrons. The number of carbonyl (C=O) groups excluding carboxylic acids is 1. The van der Waals surface area contributed by atoms with Gasteiger partial charge in [-0.1, -0.05) is 11.8 Å². The Kier molecular flexibility index (Phi) is 6.86. The van der Waals surface area contributed by atoms with Crippen molar-refractivity contribution in [3.63, 3.8) is 0 Å². The van der Waals surface area contributed by atoms with Gasteiger partial charge in [-0.15, -0.1) is 0 Å². The van der Waals surface area contributed by atoms with Crippen molar-refractivity contribution in [3.8, 4) is 11.3 Å². The van der Waals surface area contributed by atoms with Crippen molar-refractivity contribution >= 4 is 34.7 Å². The van der Waals surface area contributed by atoms with Crippen LogP contribution in [0.1, 0.15) is 55.9 Å². The summed E-state index contributed by atoms with van der Waals surface area (Å²) in [5.74, 6) is 2.78. The number of aryl methyl sites for hydroxylation is 4. The molecule has 1 amide bonds. The monoisotopic (exact) mass is 530 g/mol. The van der Waals surface area contributed by atoms with E-state index in [9.17, 15) is 4.79 Å². The number of aromatic nitrogens is 4. The minimum absolute atomic E-state index is 0.160. The average molecular weight is 531 g/mol. The summed E-state index contributed by atoms with van der Waals surface area (Å²) in [7, 11) is 0. The molecule has 1 aliphatic heterocycles. The zero-order chi connectivity index (χ0) is 26.2. The third kappa shape index (κ3) is 4.91. The molecule has 0 saturated carbocycles. The molecule has 0 radical (unpaired) electrons. The molecule has 8 nitrogen and oxygen atoms in total. The van der Waals surface area contributed by atoms with E-state index < -0.39 is 0 Å². The molecule has 1 aliphatic carbocycles. The maximum absolute atomic E-state index is 12.0. The van der Waals surface area contributed by atoms with E-state index >= 15 is 0 Å². The molecule has 1 aromatic carbocycles. The lowest BCUT2D eigenvalue weighted by Crippen LogP contribution is -2.38. The number of hydrogen-bond acceptors (Lipinski definition) is 7. The van der Waals surface area contributed by atoms with Crippen LogP contribution < -0.4 is 5.73 Å². The Balaban J connectivity index is 1.37. The molecular weight excluding hydrogens is 496 g/mol. The number of nitrogens with zero attached hydrogens (tertiary/aromatic N) is 5. The Morgan fingerprint density at radius 2 is 1.97 bits per heavy atom.